The van der Waals surface area contributed by atoms with Crippen molar-refractivity contribution in [3.63, 3.8) is 0 Å². The SMILES string of the molecule is Cc1ccc(C(C)Nc2cccc(OC(C)C)c2N)cc1. The minimum absolute atomic E-state index is 0.108. The van der Waals surface area contributed by atoms with Crippen LogP contribution in [-0.4, -0.2) is 6.10 Å². The Morgan fingerprint density at radius 3 is 2.29 bits per heavy atom. The molecule has 2 aromatic rings. The number of aryl methyl sites for hydroxylation is 1. The van der Waals surface area contributed by atoms with Gasteiger partial charge in [-0.15, -0.1) is 0 Å². The van der Waals surface area contributed by atoms with Crippen LogP contribution in [0, 0.1) is 6.92 Å². The molecule has 112 valence electrons. The summed E-state index contributed by atoms with van der Waals surface area (Å²) >= 11 is 0. The van der Waals surface area contributed by atoms with Crippen LogP contribution in [0.5, 0.6) is 5.75 Å². The maximum atomic E-state index is 6.19. The number of benzene rings is 2. The zero-order valence-corrected chi connectivity index (χ0v) is 13.2. The molecule has 3 N–H and O–H groups in total. The molecule has 0 bridgehead atoms. The number of anilines is 2. The predicted octanol–water partition coefficient (Wildman–Crippen LogP) is 4.54. The van der Waals surface area contributed by atoms with Gasteiger partial charge < -0.3 is 15.8 Å². The zero-order chi connectivity index (χ0) is 15.4. The molecule has 21 heavy (non-hydrogen) atoms. The lowest BCUT2D eigenvalue weighted by atomic mass is 10.1. The molecule has 0 spiro atoms. The highest BCUT2D eigenvalue weighted by Crippen LogP contribution is 2.32. The number of hydrogen-bond donors (Lipinski definition) is 2. The maximum Gasteiger partial charge on any atom is 0.144 e. The van der Waals surface area contributed by atoms with Crippen molar-refractivity contribution in [1.29, 1.82) is 0 Å². The van der Waals surface area contributed by atoms with Gasteiger partial charge in [0.2, 0.25) is 0 Å². The van der Waals surface area contributed by atoms with Gasteiger partial charge in [0, 0.05) is 6.04 Å². The molecule has 0 fully saturated rings. The molecule has 1 unspecified atom stereocenters. The molecule has 0 aliphatic rings. The molecule has 0 aliphatic heterocycles. The van der Waals surface area contributed by atoms with Gasteiger partial charge in [0.15, 0.2) is 0 Å². The minimum Gasteiger partial charge on any atom is -0.489 e. The highest BCUT2D eigenvalue weighted by molar-refractivity contribution is 5.73. The predicted molar refractivity (Wildman–Crippen MR) is 89.8 cm³/mol. The van der Waals surface area contributed by atoms with Crippen LogP contribution in [0.25, 0.3) is 0 Å². The molecule has 2 rings (SSSR count). The molecular formula is C18H24N2O. The van der Waals surface area contributed by atoms with Crippen molar-refractivity contribution < 1.29 is 4.74 Å². The fourth-order valence-electron chi connectivity index (χ4n) is 2.20. The van der Waals surface area contributed by atoms with Crippen molar-refractivity contribution in [1.82, 2.24) is 0 Å². The van der Waals surface area contributed by atoms with Gasteiger partial charge in [-0.25, -0.2) is 0 Å². The Morgan fingerprint density at radius 2 is 1.67 bits per heavy atom. The number of ether oxygens (including phenoxy) is 1. The van der Waals surface area contributed by atoms with Gasteiger partial charge in [0.1, 0.15) is 5.75 Å². The van der Waals surface area contributed by atoms with Crippen LogP contribution in [-0.2, 0) is 0 Å². The third kappa shape index (κ3) is 3.91. The quantitative estimate of drug-likeness (QED) is 0.793. The fourth-order valence-corrected chi connectivity index (χ4v) is 2.20. The van der Waals surface area contributed by atoms with Crippen LogP contribution in [0.4, 0.5) is 11.4 Å². The van der Waals surface area contributed by atoms with E-state index >= 15 is 0 Å². The van der Waals surface area contributed by atoms with E-state index in [4.69, 9.17) is 10.5 Å². The van der Waals surface area contributed by atoms with Crippen LogP contribution in [0.15, 0.2) is 42.5 Å². The van der Waals surface area contributed by atoms with Crippen molar-refractivity contribution in [2.24, 2.45) is 0 Å². The summed E-state index contributed by atoms with van der Waals surface area (Å²) in [6.45, 7) is 8.20. The normalized spacial score (nSPS) is 12.2. The van der Waals surface area contributed by atoms with E-state index in [-0.39, 0.29) is 12.1 Å². The van der Waals surface area contributed by atoms with E-state index in [9.17, 15) is 0 Å². The Bertz CT molecular complexity index is 591. The third-order valence-corrected chi connectivity index (χ3v) is 3.38. The zero-order valence-electron chi connectivity index (χ0n) is 13.2. The summed E-state index contributed by atoms with van der Waals surface area (Å²) in [5, 5.41) is 3.45. The number of para-hydroxylation sites is 1. The lowest BCUT2D eigenvalue weighted by Crippen LogP contribution is -2.11. The van der Waals surface area contributed by atoms with E-state index in [1.54, 1.807) is 0 Å². The number of nitrogens with one attached hydrogen (secondary N) is 1. The van der Waals surface area contributed by atoms with Crippen LogP contribution >= 0.6 is 0 Å². The third-order valence-electron chi connectivity index (χ3n) is 3.38. The van der Waals surface area contributed by atoms with E-state index in [0.29, 0.717) is 5.69 Å². The maximum absolute atomic E-state index is 6.19. The molecular weight excluding hydrogens is 260 g/mol. The summed E-state index contributed by atoms with van der Waals surface area (Å²) in [4.78, 5) is 0. The van der Waals surface area contributed by atoms with E-state index in [2.05, 4.69) is 43.4 Å². The van der Waals surface area contributed by atoms with Crippen LogP contribution in [0.1, 0.15) is 37.9 Å². The Balaban J connectivity index is 2.17. The molecule has 0 saturated carbocycles. The van der Waals surface area contributed by atoms with Crippen molar-refractivity contribution in [3.05, 3.63) is 53.6 Å². The average Bonchev–Trinajstić information content (AvgIpc) is 2.43. The molecule has 0 saturated heterocycles. The summed E-state index contributed by atoms with van der Waals surface area (Å²) < 4.78 is 5.72. The van der Waals surface area contributed by atoms with E-state index in [1.165, 1.54) is 11.1 Å². The summed E-state index contributed by atoms with van der Waals surface area (Å²) in [6.07, 6.45) is 0.108. The second-order valence-corrected chi connectivity index (χ2v) is 5.66. The molecule has 0 heterocycles. The number of nitrogen functional groups attached to an aromatic ring is 1. The van der Waals surface area contributed by atoms with Crippen molar-refractivity contribution in [2.45, 2.75) is 39.8 Å². The Labute approximate surface area is 127 Å². The van der Waals surface area contributed by atoms with E-state index < -0.39 is 0 Å². The topological polar surface area (TPSA) is 47.3 Å². The Hall–Kier alpha value is -2.16. The highest BCUT2D eigenvalue weighted by atomic mass is 16.5. The monoisotopic (exact) mass is 284 g/mol. The lowest BCUT2D eigenvalue weighted by Gasteiger charge is -2.20. The number of hydrogen-bond acceptors (Lipinski definition) is 3. The molecule has 0 aromatic heterocycles. The number of rotatable bonds is 5. The van der Waals surface area contributed by atoms with Crippen molar-refractivity contribution in [3.8, 4) is 5.75 Å². The first-order valence-corrected chi connectivity index (χ1v) is 7.35. The lowest BCUT2D eigenvalue weighted by molar-refractivity contribution is 0.244. The summed E-state index contributed by atoms with van der Waals surface area (Å²) in [5.74, 6) is 0.728. The van der Waals surface area contributed by atoms with Gasteiger partial charge in [0.25, 0.3) is 0 Å². The minimum atomic E-state index is 0.108. The smallest absolute Gasteiger partial charge is 0.144 e. The Morgan fingerprint density at radius 1 is 1.00 bits per heavy atom. The van der Waals surface area contributed by atoms with Crippen LogP contribution < -0.4 is 15.8 Å². The molecule has 0 aliphatic carbocycles. The van der Waals surface area contributed by atoms with E-state index in [1.807, 2.05) is 32.0 Å². The van der Waals surface area contributed by atoms with Gasteiger partial charge in [-0.2, -0.15) is 0 Å². The van der Waals surface area contributed by atoms with Gasteiger partial charge in [-0.05, 0) is 45.4 Å². The van der Waals surface area contributed by atoms with Gasteiger partial charge >= 0.3 is 0 Å². The highest BCUT2D eigenvalue weighted by Gasteiger charge is 2.11. The fraction of sp³-hybridized carbons (Fsp3) is 0.333. The van der Waals surface area contributed by atoms with E-state index in [0.717, 1.165) is 11.4 Å². The van der Waals surface area contributed by atoms with Gasteiger partial charge in [-0.3, -0.25) is 0 Å². The van der Waals surface area contributed by atoms with Crippen molar-refractivity contribution in [2.75, 3.05) is 11.1 Å². The first-order chi connectivity index (χ1) is 9.97. The molecule has 3 heteroatoms. The van der Waals surface area contributed by atoms with Crippen LogP contribution in [0.3, 0.4) is 0 Å². The Kier molecular flexibility index (Phi) is 4.73. The first kappa shape index (κ1) is 15.2. The molecule has 3 nitrogen and oxygen atoms in total. The molecule has 2 aromatic carbocycles. The molecule has 0 radical (unpaired) electrons. The summed E-state index contributed by atoms with van der Waals surface area (Å²) in [6, 6.07) is 14.5. The molecule has 0 amide bonds. The second-order valence-electron chi connectivity index (χ2n) is 5.66. The first-order valence-electron chi connectivity index (χ1n) is 7.35. The summed E-state index contributed by atoms with van der Waals surface area (Å²) in [7, 11) is 0. The molecule has 1 atom stereocenters. The second kappa shape index (κ2) is 6.53. The average molecular weight is 284 g/mol. The number of nitrogens with two attached hydrogens (primary N) is 1. The standard InChI is InChI=1S/C18H24N2O/c1-12(2)21-17-7-5-6-16(18(17)19)20-14(4)15-10-8-13(3)9-11-15/h5-12,14,20H,19H2,1-4H3. The van der Waals surface area contributed by atoms with Crippen molar-refractivity contribution >= 4 is 11.4 Å². The largest absolute Gasteiger partial charge is 0.489 e. The summed E-state index contributed by atoms with van der Waals surface area (Å²) in [5.41, 5.74) is 10.2. The van der Waals surface area contributed by atoms with Gasteiger partial charge in [-0.1, -0.05) is 35.9 Å². The van der Waals surface area contributed by atoms with Gasteiger partial charge in [0.05, 0.1) is 17.5 Å². The van der Waals surface area contributed by atoms with Crippen LogP contribution in [0.2, 0.25) is 0 Å².